The molecular weight excluding hydrogens is 330 g/mol. The summed E-state index contributed by atoms with van der Waals surface area (Å²) in [4.78, 5) is 17.1. The number of rotatable bonds is 2. The highest BCUT2D eigenvalue weighted by Gasteiger charge is 2.55. The molecule has 0 radical (unpaired) electrons. The van der Waals surface area contributed by atoms with Gasteiger partial charge in [-0.2, -0.15) is 0 Å². The van der Waals surface area contributed by atoms with Crippen LogP contribution in [0.2, 0.25) is 0 Å². The highest BCUT2D eigenvalue weighted by Crippen LogP contribution is 2.57. The van der Waals surface area contributed by atoms with Crippen LogP contribution in [0, 0.1) is 5.41 Å². The predicted molar refractivity (Wildman–Crippen MR) is 90.1 cm³/mol. The molecule has 2 aliphatic carbocycles. The van der Waals surface area contributed by atoms with Gasteiger partial charge in [-0.3, -0.25) is 4.79 Å². The molecule has 1 unspecified atom stereocenters. The maximum Gasteiger partial charge on any atom is 0.219 e. The summed E-state index contributed by atoms with van der Waals surface area (Å²) < 4.78 is 11.7. The lowest BCUT2D eigenvalue weighted by atomic mass is 9.64. The minimum absolute atomic E-state index is 0.0218. The van der Waals surface area contributed by atoms with Gasteiger partial charge < -0.3 is 14.6 Å². The lowest BCUT2D eigenvalue weighted by Gasteiger charge is -2.39. The van der Waals surface area contributed by atoms with Gasteiger partial charge in [0.15, 0.2) is 5.78 Å². The zero-order chi connectivity index (χ0) is 16.9. The average molecular weight is 352 g/mol. The van der Waals surface area contributed by atoms with E-state index in [4.69, 9.17) is 26.1 Å². The van der Waals surface area contributed by atoms with Crippen molar-refractivity contribution in [2.24, 2.45) is 10.4 Å². The quantitative estimate of drug-likeness (QED) is 0.776. The molecule has 0 aromatic rings. The standard InChI is InChI=1S/C18H22ClNO4/c1-23-17-11(13(22)9-19)8-18-5-3-2-4-15(18)24-14-7-10(21)6-12(20-17)16(14)18/h8,10,12,15,21H,2-7,9H2,1H3/t10-,12+,15+,18?/m1/s1. The Morgan fingerprint density at radius 2 is 2.38 bits per heavy atom. The molecule has 2 aliphatic heterocycles. The summed E-state index contributed by atoms with van der Waals surface area (Å²) in [6.07, 6.45) is 6.74. The lowest BCUT2D eigenvalue weighted by molar-refractivity contribution is -0.113. The molecule has 1 spiro atoms. The third kappa shape index (κ3) is 2.25. The van der Waals surface area contributed by atoms with E-state index in [2.05, 4.69) is 0 Å². The second kappa shape index (κ2) is 5.88. The third-order valence-electron chi connectivity index (χ3n) is 5.74. The number of ketones is 1. The van der Waals surface area contributed by atoms with Gasteiger partial charge in [-0.1, -0.05) is 12.5 Å². The molecule has 0 bridgehead atoms. The fourth-order valence-corrected chi connectivity index (χ4v) is 4.93. The Labute approximate surface area is 146 Å². The summed E-state index contributed by atoms with van der Waals surface area (Å²) in [5, 5.41) is 10.2. The van der Waals surface area contributed by atoms with E-state index in [1.54, 1.807) is 0 Å². The molecule has 2 heterocycles. The van der Waals surface area contributed by atoms with Gasteiger partial charge >= 0.3 is 0 Å². The summed E-state index contributed by atoms with van der Waals surface area (Å²) in [5.41, 5.74) is 1.31. The van der Waals surface area contributed by atoms with Gasteiger partial charge in [0.25, 0.3) is 0 Å². The van der Waals surface area contributed by atoms with Crippen LogP contribution in [0.25, 0.3) is 0 Å². The predicted octanol–water partition coefficient (Wildman–Crippen LogP) is 2.52. The molecule has 0 saturated heterocycles. The van der Waals surface area contributed by atoms with Gasteiger partial charge in [0, 0.05) is 18.4 Å². The largest absolute Gasteiger partial charge is 0.493 e. The monoisotopic (exact) mass is 351 g/mol. The van der Waals surface area contributed by atoms with Gasteiger partial charge in [0.05, 0.1) is 36.1 Å². The fourth-order valence-electron chi connectivity index (χ4n) is 4.78. The maximum atomic E-state index is 12.4. The zero-order valence-electron chi connectivity index (χ0n) is 13.8. The molecule has 4 rings (SSSR count). The summed E-state index contributed by atoms with van der Waals surface area (Å²) in [6.45, 7) is 0. The van der Waals surface area contributed by atoms with Gasteiger partial charge in [-0.25, -0.2) is 4.99 Å². The molecule has 1 saturated carbocycles. The van der Waals surface area contributed by atoms with E-state index >= 15 is 0 Å². The van der Waals surface area contributed by atoms with Gasteiger partial charge in [0.2, 0.25) is 5.90 Å². The highest BCUT2D eigenvalue weighted by atomic mass is 35.5. The molecule has 1 N–H and O–H groups in total. The second-order valence-electron chi connectivity index (χ2n) is 7.09. The minimum atomic E-state index is -0.474. The normalized spacial score (nSPS) is 37.5. The van der Waals surface area contributed by atoms with E-state index in [1.165, 1.54) is 7.11 Å². The zero-order valence-corrected chi connectivity index (χ0v) is 14.5. The number of ether oxygens (including phenoxy) is 2. The maximum absolute atomic E-state index is 12.4. The van der Waals surface area contributed by atoms with Crippen LogP contribution in [0.3, 0.4) is 0 Å². The van der Waals surface area contributed by atoms with Crippen molar-refractivity contribution in [1.82, 2.24) is 0 Å². The van der Waals surface area contributed by atoms with Crippen LogP contribution in [0.15, 0.2) is 28.0 Å². The number of carbonyl (C=O) groups is 1. The van der Waals surface area contributed by atoms with Crippen molar-refractivity contribution in [3.63, 3.8) is 0 Å². The first kappa shape index (κ1) is 16.2. The highest BCUT2D eigenvalue weighted by molar-refractivity contribution is 6.35. The molecule has 130 valence electrons. The van der Waals surface area contributed by atoms with Gasteiger partial charge in [-0.05, 0) is 19.3 Å². The van der Waals surface area contributed by atoms with Crippen molar-refractivity contribution in [3.8, 4) is 0 Å². The smallest absolute Gasteiger partial charge is 0.219 e. The van der Waals surface area contributed by atoms with Crippen LogP contribution >= 0.6 is 11.6 Å². The molecule has 1 fully saturated rings. The number of carbonyl (C=O) groups excluding carboxylic acids is 1. The first-order valence-electron chi connectivity index (χ1n) is 8.61. The Morgan fingerprint density at radius 1 is 1.54 bits per heavy atom. The number of nitrogens with zero attached hydrogens (tertiary/aromatic N) is 1. The summed E-state index contributed by atoms with van der Waals surface area (Å²) in [6, 6.07) is -0.196. The first-order chi connectivity index (χ1) is 11.6. The molecule has 0 aromatic carbocycles. The molecule has 24 heavy (non-hydrogen) atoms. The third-order valence-corrected chi connectivity index (χ3v) is 5.98. The number of halogens is 1. The molecule has 4 aliphatic rings. The molecule has 4 atom stereocenters. The number of hydrogen-bond donors (Lipinski definition) is 1. The van der Waals surface area contributed by atoms with E-state index in [9.17, 15) is 9.90 Å². The van der Waals surface area contributed by atoms with E-state index in [0.29, 0.717) is 24.3 Å². The van der Waals surface area contributed by atoms with E-state index in [0.717, 1.165) is 37.0 Å². The van der Waals surface area contributed by atoms with Crippen molar-refractivity contribution in [2.45, 2.75) is 56.8 Å². The Morgan fingerprint density at radius 3 is 3.12 bits per heavy atom. The van der Waals surface area contributed by atoms with E-state index < -0.39 is 6.10 Å². The van der Waals surface area contributed by atoms with E-state index in [-0.39, 0.29) is 29.2 Å². The van der Waals surface area contributed by atoms with E-state index in [1.807, 2.05) is 6.08 Å². The molecule has 5 nitrogen and oxygen atoms in total. The van der Waals surface area contributed by atoms with Crippen molar-refractivity contribution in [2.75, 3.05) is 13.0 Å². The summed E-state index contributed by atoms with van der Waals surface area (Å²) in [7, 11) is 1.52. The van der Waals surface area contributed by atoms with Crippen molar-refractivity contribution in [3.05, 3.63) is 23.0 Å². The first-order valence-corrected chi connectivity index (χ1v) is 9.15. The molecule has 6 heteroatoms. The number of methoxy groups -OCH3 is 1. The van der Waals surface area contributed by atoms with Crippen molar-refractivity contribution >= 4 is 23.3 Å². The van der Waals surface area contributed by atoms with Crippen molar-refractivity contribution < 1.29 is 19.4 Å². The molecule has 0 aromatic heterocycles. The van der Waals surface area contributed by atoms with Crippen LogP contribution in [0.1, 0.15) is 38.5 Å². The van der Waals surface area contributed by atoms with Crippen LogP contribution in [0.5, 0.6) is 0 Å². The number of Topliss-reactive ketones (excluding diaryl/α,β-unsaturated/α-hetero) is 1. The SMILES string of the molecule is COC1=N[C@H]2C[C@@H](O)CC3=C2C2(C=C1C(=O)CCl)CCCC[C@@H]2O3. The number of aliphatic imine (C=N–C) groups is 1. The fraction of sp³-hybridized carbons (Fsp3) is 0.667. The van der Waals surface area contributed by atoms with Crippen LogP contribution in [-0.2, 0) is 14.3 Å². The summed E-state index contributed by atoms with van der Waals surface area (Å²) in [5.74, 6) is 0.930. The Kier molecular flexibility index (Phi) is 3.96. The van der Waals surface area contributed by atoms with Gasteiger partial charge in [-0.15, -0.1) is 11.6 Å². The number of aliphatic hydroxyl groups excluding tert-OH is 1. The Bertz CT molecular complexity index is 668. The van der Waals surface area contributed by atoms with Crippen LogP contribution in [-0.4, -0.2) is 48.0 Å². The Hall–Kier alpha value is -1.33. The molecular formula is C18H22ClNO4. The van der Waals surface area contributed by atoms with Gasteiger partial charge in [0.1, 0.15) is 11.9 Å². The average Bonchev–Trinajstić information content (AvgIpc) is 2.82. The summed E-state index contributed by atoms with van der Waals surface area (Å²) >= 11 is 5.83. The topological polar surface area (TPSA) is 68.1 Å². The lowest BCUT2D eigenvalue weighted by Crippen LogP contribution is -2.39. The number of hydrogen-bond acceptors (Lipinski definition) is 5. The Balaban J connectivity index is 1.92. The minimum Gasteiger partial charge on any atom is -0.493 e. The van der Waals surface area contributed by atoms with Crippen LogP contribution < -0.4 is 0 Å². The number of aliphatic hydroxyl groups is 1. The molecule has 0 amide bonds. The second-order valence-corrected chi connectivity index (χ2v) is 7.36. The number of alkyl halides is 1. The van der Waals surface area contributed by atoms with Crippen LogP contribution in [0.4, 0.5) is 0 Å². The van der Waals surface area contributed by atoms with Crippen molar-refractivity contribution in [1.29, 1.82) is 0 Å².